The third-order valence-electron chi connectivity index (χ3n) is 5.66. The molecule has 0 aliphatic carbocycles. The minimum Gasteiger partial charge on any atom is -0.465 e. The molecule has 0 saturated carbocycles. The number of imide groups is 1. The summed E-state index contributed by atoms with van der Waals surface area (Å²) in [7, 11) is 1.84. The van der Waals surface area contributed by atoms with Gasteiger partial charge in [0.25, 0.3) is 0 Å². The van der Waals surface area contributed by atoms with Crippen LogP contribution in [0.2, 0.25) is 0 Å². The van der Waals surface area contributed by atoms with Gasteiger partial charge in [-0.15, -0.1) is 0 Å². The number of carbonyl (C=O) groups excluding carboxylic acids is 2. The lowest BCUT2D eigenvalue weighted by atomic mass is 9.92. The van der Waals surface area contributed by atoms with E-state index in [1.807, 2.05) is 32.2 Å². The molecule has 3 heterocycles. The molecular formula is C19H23N5O4. The SMILES string of the molecule is C[C@@H]1CN(C(=O)O)CCN1c1ccc2c(C3CCC(=O)NC3=O)nn(C)c2c1. The predicted molar refractivity (Wildman–Crippen MR) is 102 cm³/mol. The number of anilines is 1. The molecule has 9 heteroatoms. The number of hydrogen-bond acceptors (Lipinski definition) is 5. The minimum absolute atomic E-state index is 0.0603. The maximum atomic E-state index is 12.3. The van der Waals surface area contributed by atoms with Gasteiger partial charge in [0.1, 0.15) is 0 Å². The molecule has 1 aromatic carbocycles. The topological polar surface area (TPSA) is 108 Å². The molecule has 4 rings (SSSR count). The lowest BCUT2D eigenvalue weighted by molar-refractivity contribution is -0.134. The molecule has 0 bridgehead atoms. The summed E-state index contributed by atoms with van der Waals surface area (Å²) < 4.78 is 1.76. The van der Waals surface area contributed by atoms with E-state index in [9.17, 15) is 19.5 Å². The van der Waals surface area contributed by atoms with Crippen molar-refractivity contribution < 1.29 is 19.5 Å². The number of nitrogens with one attached hydrogen (secondary N) is 1. The zero-order valence-corrected chi connectivity index (χ0v) is 15.9. The predicted octanol–water partition coefficient (Wildman–Crippen LogP) is 1.28. The Kier molecular flexibility index (Phi) is 4.44. The minimum atomic E-state index is -0.887. The highest BCUT2D eigenvalue weighted by molar-refractivity contribution is 6.02. The fourth-order valence-electron chi connectivity index (χ4n) is 4.18. The van der Waals surface area contributed by atoms with Crippen molar-refractivity contribution in [1.82, 2.24) is 20.0 Å². The summed E-state index contributed by atoms with van der Waals surface area (Å²) in [6, 6.07) is 6.05. The molecule has 2 aromatic rings. The Morgan fingerprint density at radius 2 is 2.07 bits per heavy atom. The van der Waals surface area contributed by atoms with Crippen molar-refractivity contribution in [2.75, 3.05) is 24.5 Å². The van der Waals surface area contributed by atoms with E-state index in [4.69, 9.17) is 0 Å². The van der Waals surface area contributed by atoms with Crippen LogP contribution in [0.15, 0.2) is 18.2 Å². The van der Waals surface area contributed by atoms with Crippen LogP contribution < -0.4 is 10.2 Å². The molecule has 2 aliphatic heterocycles. The molecule has 2 fully saturated rings. The molecule has 3 amide bonds. The summed E-state index contributed by atoms with van der Waals surface area (Å²) in [5, 5.41) is 17.1. The number of benzene rings is 1. The number of fused-ring (bicyclic) bond motifs is 1. The fraction of sp³-hybridized carbons (Fsp3) is 0.474. The molecule has 0 spiro atoms. The first-order valence-corrected chi connectivity index (χ1v) is 9.40. The van der Waals surface area contributed by atoms with E-state index < -0.39 is 12.0 Å². The van der Waals surface area contributed by atoms with E-state index in [-0.39, 0.29) is 17.9 Å². The molecule has 1 unspecified atom stereocenters. The van der Waals surface area contributed by atoms with Crippen LogP contribution in [0.25, 0.3) is 10.9 Å². The third-order valence-corrected chi connectivity index (χ3v) is 5.66. The van der Waals surface area contributed by atoms with Gasteiger partial charge in [0.05, 0.1) is 17.1 Å². The van der Waals surface area contributed by atoms with E-state index in [1.165, 1.54) is 4.90 Å². The van der Waals surface area contributed by atoms with Crippen LogP contribution in [-0.4, -0.2) is 63.4 Å². The third kappa shape index (κ3) is 3.06. The van der Waals surface area contributed by atoms with Crippen molar-refractivity contribution in [2.45, 2.75) is 31.7 Å². The fourth-order valence-corrected chi connectivity index (χ4v) is 4.18. The maximum Gasteiger partial charge on any atom is 0.407 e. The summed E-state index contributed by atoms with van der Waals surface area (Å²) in [5.41, 5.74) is 2.60. The number of piperazine rings is 1. The maximum absolute atomic E-state index is 12.3. The lowest BCUT2D eigenvalue weighted by Gasteiger charge is -2.40. The second-order valence-corrected chi connectivity index (χ2v) is 7.48. The van der Waals surface area contributed by atoms with Gasteiger partial charge in [-0.1, -0.05) is 0 Å². The molecule has 0 radical (unpaired) electrons. The van der Waals surface area contributed by atoms with Crippen LogP contribution in [0.5, 0.6) is 0 Å². The second-order valence-electron chi connectivity index (χ2n) is 7.48. The summed E-state index contributed by atoms with van der Waals surface area (Å²) in [5.74, 6) is -0.956. The van der Waals surface area contributed by atoms with Crippen molar-refractivity contribution >= 4 is 34.5 Å². The van der Waals surface area contributed by atoms with Gasteiger partial charge >= 0.3 is 6.09 Å². The molecule has 2 N–H and O–H groups in total. The van der Waals surface area contributed by atoms with Gasteiger partial charge in [-0.25, -0.2) is 4.79 Å². The highest BCUT2D eigenvalue weighted by atomic mass is 16.4. The van der Waals surface area contributed by atoms with Crippen LogP contribution in [0, 0.1) is 0 Å². The van der Waals surface area contributed by atoms with E-state index in [0.29, 0.717) is 38.2 Å². The van der Waals surface area contributed by atoms with Crippen LogP contribution >= 0.6 is 0 Å². The number of rotatable bonds is 2. The highest BCUT2D eigenvalue weighted by Gasteiger charge is 2.32. The molecule has 148 valence electrons. The molecule has 2 atom stereocenters. The molecule has 28 heavy (non-hydrogen) atoms. The first-order valence-electron chi connectivity index (χ1n) is 9.40. The average molecular weight is 385 g/mol. The van der Waals surface area contributed by atoms with Crippen LogP contribution in [-0.2, 0) is 16.6 Å². The number of carboxylic acid groups (broad SMARTS) is 1. The van der Waals surface area contributed by atoms with E-state index in [0.717, 1.165) is 16.6 Å². The number of aryl methyl sites for hydroxylation is 1. The standard InChI is InChI=1S/C19H23N5O4/c1-11-10-23(19(27)28)7-8-24(11)12-3-4-13-15(9-12)22(2)21-17(13)14-5-6-16(25)20-18(14)26/h3-4,9,11,14H,5-8,10H2,1-2H3,(H,27,28)(H,20,25,26)/t11-,14?/m1/s1. The Balaban J connectivity index is 1.64. The normalized spacial score (nSPS) is 23.2. The Hall–Kier alpha value is -3.10. The molecule has 2 saturated heterocycles. The Labute approximate surface area is 161 Å². The number of piperidine rings is 1. The van der Waals surface area contributed by atoms with Crippen molar-refractivity contribution in [1.29, 1.82) is 0 Å². The highest BCUT2D eigenvalue weighted by Crippen LogP contribution is 2.33. The number of amides is 3. The van der Waals surface area contributed by atoms with Crippen LogP contribution in [0.3, 0.4) is 0 Å². The smallest absolute Gasteiger partial charge is 0.407 e. The van der Waals surface area contributed by atoms with Crippen LogP contribution in [0.1, 0.15) is 31.4 Å². The van der Waals surface area contributed by atoms with Crippen molar-refractivity contribution in [3.63, 3.8) is 0 Å². The van der Waals surface area contributed by atoms with Gasteiger partial charge in [0.15, 0.2) is 0 Å². The zero-order chi connectivity index (χ0) is 20.0. The van der Waals surface area contributed by atoms with Gasteiger partial charge in [-0.3, -0.25) is 19.6 Å². The quantitative estimate of drug-likeness (QED) is 0.754. The summed E-state index contributed by atoms with van der Waals surface area (Å²) in [6.45, 7) is 3.55. The molecule has 1 aromatic heterocycles. The van der Waals surface area contributed by atoms with Crippen LogP contribution in [0.4, 0.5) is 10.5 Å². The molecule has 9 nitrogen and oxygen atoms in total. The number of carbonyl (C=O) groups is 3. The largest absolute Gasteiger partial charge is 0.465 e. The first-order chi connectivity index (χ1) is 13.3. The number of nitrogens with zero attached hydrogens (tertiary/aromatic N) is 4. The van der Waals surface area contributed by atoms with E-state index in [2.05, 4.69) is 15.3 Å². The monoisotopic (exact) mass is 385 g/mol. The average Bonchev–Trinajstić information content (AvgIpc) is 2.97. The van der Waals surface area contributed by atoms with Crippen molar-refractivity contribution in [3.8, 4) is 0 Å². The lowest BCUT2D eigenvalue weighted by Crippen LogP contribution is -2.53. The van der Waals surface area contributed by atoms with Gasteiger partial charge in [-0.05, 0) is 31.5 Å². The van der Waals surface area contributed by atoms with Gasteiger partial charge < -0.3 is 14.9 Å². The summed E-state index contributed by atoms with van der Waals surface area (Å²) in [6.07, 6.45) is -0.104. The molecular weight excluding hydrogens is 362 g/mol. The van der Waals surface area contributed by atoms with Crippen molar-refractivity contribution in [3.05, 3.63) is 23.9 Å². The van der Waals surface area contributed by atoms with E-state index >= 15 is 0 Å². The summed E-state index contributed by atoms with van der Waals surface area (Å²) in [4.78, 5) is 38.5. The second kappa shape index (κ2) is 6.81. The molecule has 2 aliphatic rings. The van der Waals surface area contributed by atoms with Gasteiger partial charge in [0.2, 0.25) is 11.8 Å². The summed E-state index contributed by atoms with van der Waals surface area (Å²) >= 11 is 0. The van der Waals surface area contributed by atoms with Gasteiger partial charge in [-0.2, -0.15) is 5.10 Å². The number of aromatic nitrogens is 2. The Morgan fingerprint density at radius 3 is 2.75 bits per heavy atom. The van der Waals surface area contributed by atoms with Gasteiger partial charge in [0, 0.05) is 50.2 Å². The van der Waals surface area contributed by atoms with Crippen molar-refractivity contribution in [2.24, 2.45) is 7.05 Å². The first kappa shape index (κ1) is 18.3. The Morgan fingerprint density at radius 1 is 1.29 bits per heavy atom. The Bertz CT molecular complexity index is 969. The van der Waals surface area contributed by atoms with E-state index in [1.54, 1.807) is 4.68 Å². The number of hydrogen-bond donors (Lipinski definition) is 2. The zero-order valence-electron chi connectivity index (χ0n) is 15.9.